The number of carboxylic acid groups (broad SMARTS) is 1. The van der Waals surface area contributed by atoms with Crippen molar-refractivity contribution in [2.75, 3.05) is 23.4 Å². The van der Waals surface area contributed by atoms with E-state index in [4.69, 9.17) is 4.74 Å². The van der Waals surface area contributed by atoms with Crippen LogP contribution in [0.2, 0.25) is 0 Å². The van der Waals surface area contributed by atoms with E-state index in [1.54, 1.807) is 0 Å². The van der Waals surface area contributed by atoms with Crippen molar-refractivity contribution in [3.05, 3.63) is 36.2 Å². The minimum atomic E-state index is -1.02. The van der Waals surface area contributed by atoms with Crippen LogP contribution in [0.5, 0.6) is 0 Å². The average Bonchev–Trinajstić information content (AvgIpc) is 3.32. The summed E-state index contributed by atoms with van der Waals surface area (Å²) in [5.41, 5.74) is 0.329. The van der Waals surface area contributed by atoms with Gasteiger partial charge in [-0.25, -0.2) is 9.18 Å². The molecule has 26 heavy (non-hydrogen) atoms. The Morgan fingerprint density at radius 2 is 1.96 bits per heavy atom. The van der Waals surface area contributed by atoms with Crippen molar-refractivity contribution in [3.63, 3.8) is 0 Å². The minimum Gasteiger partial charge on any atom is -0.481 e. The van der Waals surface area contributed by atoms with Gasteiger partial charge in [0.05, 0.1) is 24.1 Å². The number of carbonyl (C=O) groups is 3. The van der Waals surface area contributed by atoms with Gasteiger partial charge in [-0.05, 0) is 36.5 Å². The third-order valence-corrected chi connectivity index (χ3v) is 5.33. The highest BCUT2D eigenvalue weighted by atomic mass is 19.1. The van der Waals surface area contributed by atoms with Crippen LogP contribution in [0.4, 0.5) is 20.6 Å². The van der Waals surface area contributed by atoms with Gasteiger partial charge in [0, 0.05) is 5.69 Å². The van der Waals surface area contributed by atoms with E-state index in [9.17, 15) is 23.9 Å². The number of halogens is 1. The molecule has 136 valence electrons. The number of amides is 2. The molecule has 2 fully saturated rings. The summed E-state index contributed by atoms with van der Waals surface area (Å²) in [5, 5.41) is 12.0. The molecule has 2 amide bonds. The lowest BCUT2D eigenvalue weighted by Crippen LogP contribution is -2.36. The summed E-state index contributed by atoms with van der Waals surface area (Å²) in [6.45, 7) is 0.589. The summed E-state index contributed by atoms with van der Waals surface area (Å²) in [6.07, 6.45) is 3.80. The maximum absolute atomic E-state index is 14.2. The standard InChI is InChI=1S/C18H17FN2O5/c19-12-4-3-11(21-5-6-26-18(21)25)8-13(12)20-16(22)14-9-1-2-10(7-9)15(14)17(23)24/h1-4,8-10,14-15H,5-7H2,(H,20,22)(H,23,24)/t9-,10-,14+,15-/m0/s1. The fraction of sp³-hybridized carbons (Fsp3) is 0.389. The number of hydrogen-bond donors (Lipinski definition) is 2. The topological polar surface area (TPSA) is 95.9 Å². The number of benzene rings is 1. The molecule has 1 aliphatic heterocycles. The second-order valence-corrected chi connectivity index (χ2v) is 6.76. The number of cyclic esters (lactones) is 1. The van der Waals surface area contributed by atoms with E-state index in [0.717, 1.165) is 6.07 Å². The zero-order chi connectivity index (χ0) is 18.4. The number of carbonyl (C=O) groups excluding carboxylic acids is 2. The third kappa shape index (κ3) is 2.61. The molecule has 2 N–H and O–H groups in total. The van der Waals surface area contributed by atoms with Gasteiger partial charge in [0.15, 0.2) is 0 Å². The van der Waals surface area contributed by atoms with E-state index in [1.807, 2.05) is 12.2 Å². The van der Waals surface area contributed by atoms with Gasteiger partial charge in [0.25, 0.3) is 0 Å². The van der Waals surface area contributed by atoms with Crippen molar-refractivity contribution in [2.45, 2.75) is 6.42 Å². The Labute approximate surface area is 148 Å². The van der Waals surface area contributed by atoms with Crippen LogP contribution < -0.4 is 10.2 Å². The van der Waals surface area contributed by atoms with Crippen LogP contribution in [0, 0.1) is 29.5 Å². The van der Waals surface area contributed by atoms with Crippen LogP contribution in [-0.4, -0.2) is 36.2 Å². The molecule has 1 heterocycles. The van der Waals surface area contributed by atoms with E-state index < -0.39 is 35.6 Å². The summed E-state index contributed by atoms with van der Waals surface area (Å²) in [6, 6.07) is 3.95. The fourth-order valence-electron chi connectivity index (χ4n) is 4.14. The molecule has 1 aromatic rings. The summed E-state index contributed by atoms with van der Waals surface area (Å²) >= 11 is 0. The van der Waals surface area contributed by atoms with Gasteiger partial charge in [-0.3, -0.25) is 14.5 Å². The number of aliphatic carboxylic acids is 1. The van der Waals surface area contributed by atoms with Crippen LogP contribution in [-0.2, 0) is 14.3 Å². The van der Waals surface area contributed by atoms with Gasteiger partial charge >= 0.3 is 12.1 Å². The molecule has 1 aromatic carbocycles. The molecule has 7 nitrogen and oxygen atoms in total. The van der Waals surface area contributed by atoms with E-state index in [0.29, 0.717) is 18.7 Å². The van der Waals surface area contributed by atoms with Gasteiger partial charge in [-0.2, -0.15) is 0 Å². The number of ether oxygens (including phenoxy) is 1. The van der Waals surface area contributed by atoms with E-state index in [1.165, 1.54) is 17.0 Å². The Morgan fingerprint density at radius 3 is 2.62 bits per heavy atom. The lowest BCUT2D eigenvalue weighted by molar-refractivity contribution is -0.146. The maximum atomic E-state index is 14.2. The Balaban J connectivity index is 1.57. The summed E-state index contributed by atoms with van der Waals surface area (Å²) in [5.74, 6) is -4.04. The summed E-state index contributed by atoms with van der Waals surface area (Å²) < 4.78 is 19.0. The van der Waals surface area contributed by atoms with Crippen molar-refractivity contribution in [1.82, 2.24) is 0 Å². The predicted octanol–water partition coefficient (Wildman–Crippen LogP) is 2.24. The molecule has 0 aromatic heterocycles. The first kappa shape index (κ1) is 16.6. The molecule has 1 saturated heterocycles. The van der Waals surface area contributed by atoms with Crippen LogP contribution in [0.1, 0.15) is 6.42 Å². The monoisotopic (exact) mass is 360 g/mol. The molecule has 1 saturated carbocycles. The molecule has 3 aliphatic rings. The van der Waals surface area contributed by atoms with Crippen LogP contribution in [0.15, 0.2) is 30.4 Å². The normalized spacial score (nSPS) is 29.1. The van der Waals surface area contributed by atoms with Crippen molar-refractivity contribution in [1.29, 1.82) is 0 Å². The molecule has 8 heteroatoms. The number of fused-ring (bicyclic) bond motifs is 2. The number of rotatable bonds is 4. The van der Waals surface area contributed by atoms with Crippen molar-refractivity contribution >= 4 is 29.3 Å². The van der Waals surface area contributed by atoms with Crippen molar-refractivity contribution < 1.29 is 28.6 Å². The molecule has 2 aliphatic carbocycles. The van der Waals surface area contributed by atoms with Crippen LogP contribution in [0.3, 0.4) is 0 Å². The summed E-state index contributed by atoms with van der Waals surface area (Å²) in [7, 11) is 0. The Bertz CT molecular complexity index is 824. The largest absolute Gasteiger partial charge is 0.481 e. The molecular formula is C18H17FN2O5. The van der Waals surface area contributed by atoms with E-state index in [2.05, 4.69) is 5.32 Å². The quantitative estimate of drug-likeness (QED) is 0.803. The predicted molar refractivity (Wildman–Crippen MR) is 89.1 cm³/mol. The average molecular weight is 360 g/mol. The number of anilines is 2. The second kappa shape index (κ2) is 6.12. The molecule has 4 atom stereocenters. The zero-order valence-corrected chi connectivity index (χ0v) is 13.7. The smallest absolute Gasteiger partial charge is 0.414 e. The highest BCUT2D eigenvalue weighted by Gasteiger charge is 2.51. The molecule has 2 bridgehead atoms. The number of carboxylic acids is 1. The van der Waals surface area contributed by atoms with Gasteiger partial charge in [-0.1, -0.05) is 12.2 Å². The SMILES string of the molecule is O=C(O)[C@@H]1[C@H](C(=O)Nc2cc(N3CCOC3=O)ccc2F)[C@H]2C=C[C@H]1C2. The van der Waals surface area contributed by atoms with Crippen LogP contribution >= 0.6 is 0 Å². The molecular weight excluding hydrogens is 343 g/mol. The first-order chi connectivity index (χ1) is 12.5. The molecule has 0 unspecified atom stereocenters. The first-order valence-electron chi connectivity index (χ1n) is 8.41. The second-order valence-electron chi connectivity index (χ2n) is 6.76. The van der Waals surface area contributed by atoms with Crippen molar-refractivity contribution in [3.8, 4) is 0 Å². The molecule has 0 spiro atoms. The fourth-order valence-corrected chi connectivity index (χ4v) is 4.14. The number of allylic oxidation sites excluding steroid dienone is 2. The number of nitrogens with zero attached hydrogens (tertiary/aromatic N) is 1. The highest BCUT2D eigenvalue weighted by Crippen LogP contribution is 2.48. The van der Waals surface area contributed by atoms with E-state index in [-0.39, 0.29) is 24.1 Å². The Hall–Kier alpha value is -2.90. The third-order valence-electron chi connectivity index (χ3n) is 5.33. The highest BCUT2D eigenvalue weighted by molar-refractivity contribution is 5.97. The maximum Gasteiger partial charge on any atom is 0.414 e. The summed E-state index contributed by atoms with van der Waals surface area (Å²) in [4.78, 5) is 37.2. The van der Waals surface area contributed by atoms with Gasteiger partial charge < -0.3 is 15.2 Å². The number of nitrogens with one attached hydrogen (secondary N) is 1. The first-order valence-corrected chi connectivity index (χ1v) is 8.41. The van der Waals surface area contributed by atoms with Gasteiger partial charge in [0.2, 0.25) is 5.91 Å². The van der Waals surface area contributed by atoms with Gasteiger partial charge in [0.1, 0.15) is 12.4 Å². The number of hydrogen-bond acceptors (Lipinski definition) is 4. The van der Waals surface area contributed by atoms with Crippen molar-refractivity contribution in [2.24, 2.45) is 23.7 Å². The van der Waals surface area contributed by atoms with Crippen LogP contribution in [0.25, 0.3) is 0 Å². The lowest BCUT2D eigenvalue weighted by Gasteiger charge is -2.24. The van der Waals surface area contributed by atoms with Gasteiger partial charge in [-0.15, -0.1) is 0 Å². The minimum absolute atomic E-state index is 0.0805. The zero-order valence-electron chi connectivity index (χ0n) is 13.7. The van der Waals surface area contributed by atoms with E-state index >= 15 is 0 Å². The Morgan fingerprint density at radius 1 is 1.23 bits per heavy atom. The molecule has 0 radical (unpaired) electrons. The lowest BCUT2D eigenvalue weighted by atomic mass is 9.82. The Kier molecular flexibility index (Phi) is 3.90. The molecule has 4 rings (SSSR count).